The van der Waals surface area contributed by atoms with Crippen LogP contribution in [0.2, 0.25) is 0 Å². The molecule has 0 bridgehead atoms. The molecule has 7 rings (SSSR count). The van der Waals surface area contributed by atoms with E-state index in [1.807, 2.05) is 66.5 Å². The SMILES string of the molecule is Cc1c(C#N)cccc1-c1cc(-c2cn(Cc3cccc(N4CC5(CCC(=O)CC5)C4)n3)nn2)c2cc[nH]c2n1. The molecule has 1 spiro atoms. The number of pyridine rings is 2. The zero-order valence-electron chi connectivity index (χ0n) is 22.3. The van der Waals surface area contributed by atoms with Gasteiger partial charge in [-0.1, -0.05) is 23.4 Å². The maximum absolute atomic E-state index is 11.7. The van der Waals surface area contributed by atoms with Crippen molar-refractivity contribution in [3.8, 4) is 28.6 Å². The molecule has 40 heavy (non-hydrogen) atoms. The molecule has 1 aliphatic heterocycles. The summed E-state index contributed by atoms with van der Waals surface area (Å²) in [5.74, 6) is 1.38. The largest absolute Gasteiger partial charge is 0.355 e. The minimum Gasteiger partial charge on any atom is -0.355 e. The third kappa shape index (κ3) is 4.22. The Hall–Kier alpha value is -4.84. The standard InChI is InChI=1S/C31H28N8O/c1-20-21(15-32)4-2-6-24(20)27-14-26(25-10-13-33-30(25)35-27)28-17-39(37-36-28)16-22-5-3-7-29(34-22)38-18-31(19-38)11-8-23(40)9-12-31/h2-7,10,13-14,17H,8-9,11-12,16,18-19H2,1H3,(H,33,35). The van der Waals surface area contributed by atoms with Crippen molar-refractivity contribution in [2.45, 2.75) is 39.2 Å². The fraction of sp³-hybridized carbons (Fsp3) is 0.290. The summed E-state index contributed by atoms with van der Waals surface area (Å²) in [6, 6.07) is 18.1. The first-order valence-electron chi connectivity index (χ1n) is 13.6. The Bertz CT molecular complexity index is 1790. The molecule has 1 N–H and O–H groups in total. The minimum absolute atomic E-state index is 0.286. The summed E-state index contributed by atoms with van der Waals surface area (Å²) in [5, 5.41) is 19.4. The van der Waals surface area contributed by atoms with Gasteiger partial charge in [-0.25, -0.2) is 14.6 Å². The highest BCUT2D eigenvalue weighted by Crippen LogP contribution is 2.44. The predicted octanol–water partition coefficient (Wildman–Crippen LogP) is 5.06. The monoisotopic (exact) mass is 528 g/mol. The summed E-state index contributed by atoms with van der Waals surface area (Å²) in [7, 11) is 0. The zero-order valence-corrected chi connectivity index (χ0v) is 22.3. The number of ketones is 1. The number of nitrogens with one attached hydrogen (secondary N) is 1. The van der Waals surface area contributed by atoms with Crippen molar-refractivity contribution in [2.75, 3.05) is 18.0 Å². The molecule has 0 atom stereocenters. The van der Waals surface area contributed by atoms with Crippen LogP contribution in [0.5, 0.6) is 0 Å². The second kappa shape index (κ2) is 9.42. The Labute approximate surface area is 231 Å². The highest BCUT2D eigenvalue weighted by molar-refractivity contribution is 5.94. The third-order valence-corrected chi connectivity index (χ3v) is 8.43. The summed E-state index contributed by atoms with van der Waals surface area (Å²) < 4.78 is 1.81. The molecular weight excluding hydrogens is 500 g/mol. The maximum Gasteiger partial charge on any atom is 0.138 e. The number of fused-ring (bicyclic) bond motifs is 1. The molecule has 9 nitrogen and oxygen atoms in total. The Morgan fingerprint density at radius 3 is 2.67 bits per heavy atom. The number of carbonyl (C=O) groups is 1. The van der Waals surface area contributed by atoms with E-state index in [0.29, 0.717) is 17.9 Å². The first-order valence-corrected chi connectivity index (χ1v) is 13.6. The number of H-pyrrole nitrogens is 1. The van der Waals surface area contributed by atoms with E-state index in [1.54, 1.807) is 0 Å². The van der Waals surface area contributed by atoms with Crippen LogP contribution in [0, 0.1) is 23.7 Å². The first kappa shape index (κ1) is 24.2. The second-order valence-corrected chi connectivity index (χ2v) is 11.1. The van der Waals surface area contributed by atoms with E-state index in [2.05, 4.69) is 32.3 Å². The Morgan fingerprint density at radius 2 is 1.85 bits per heavy atom. The van der Waals surface area contributed by atoms with Gasteiger partial charge in [0.05, 0.1) is 35.8 Å². The van der Waals surface area contributed by atoms with Gasteiger partial charge < -0.3 is 9.88 Å². The van der Waals surface area contributed by atoms with Crippen LogP contribution in [0.4, 0.5) is 5.82 Å². The van der Waals surface area contributed by atoms with Crippen molar-refractivity contribution >= 4 is 22.6 Å². The van der Waals surface area contributed by atoms with Gasteiger partial charge in [-0.3, -0.25) is 4.79 Å². The normalized spacial score (nSPS) is 16.3. The van der Waals surface area contributed by atoms with Gasteiger partial charge in [-0.15, -0.1) is 5.10 Å². The summed E-state index contributed by atoms with van der Waals surface area (Å²) in [5.41, 5.74) is 6.85. The van der Waals surface area contributed by atoms with Crippen molar-refractivity contribution in [1.29, 1.82) is 5.26 Å². The fourth-order valence-electron chi connectivity index (χ4n) is 6.12. The molecule has 5 heterocycles. The van der Waals surface area contributed by atoms with Gasteiger partial charge in [0.25, 0.3) is 0 Å². The summed E-state index contributed by atoms with van der Waals surface area (Å²) >= 11 is 0. The van der Waals surface area contributed by atoms with Crippen molar-refractivity contribution in [2.24, 2.45) is 5.41 Å². The number of rotatable bonds is 5. The molecule has 0 radical (unpaired) electrons. The van der Waals surface area contributed by atoms with Crippen LogP contribution in [0.1, 0.15) is 42.5 Å². The van der Waals surface area contributed by atoms with Crippen LogP contribution in [-0.2, 0) is 11.3 Å². The molecule has 4 aromatic heterocycles. The molecule has 2 fully saturated rings. The number of hydrogen-bond acceptors (Lipinski definition) is 7. The van der Waals surface area contributed by atoms with E-state index in [-0.39, 0.29) is 5.41 Å². The number of Topliss-reactive ketones (excluding diaryl/α,β-unsaturated/α-hetero) is 1. The molecule has 1 aliphatic carbocycles. The fourth-order valence-corrected chi connectivity index (χ4v) is 6.12. The predicted molar refractivity (Wildman–Crippen MR) is 151 cm³/mol. The Morgan fingerprint density at radius 1 is 1.02 bits per heavy atom. The lowest BCUT2D eigenvalue weighted by Crippen LogP contribution is -2.58. The van der Waals surface area contributed by atoms with E-state index >= 15 is 0 Å². The van der Waals surface area contributed by atoms with E-state index in [1.165, 1.54) is 0 Å². The van der Waals surface area contributed by atoms with Gasteiger partial charge in [0.2, 0.25) is 0 Å². The lowest BCUT2D eigenvalue weighted by molar-refractivity contribution is -0.122. The zero-order chi connectivity index (χ0) is 27.3. The maximum atomic E-state index is 11.7. The lowest BCUT2D eigenvalue weighted by Gasteiger charge is -2.52. The van der Waals surface area contributed by atoms with E-state index < -0.39 is 0 Å². The lowest BCUT2D eigenvalue weighted by atomic mass is 9.68. The minimum atomic E-state index is 0.286. The van der Waals surface area contributed by atoms with Crippen molar-refractivity contribution in [3.05, 3.63) is 77.7 Å². The van der Waals surface area contributed by atoms with Crippen LogP contribution < -0.4 is 4.90 Å². The number of carbonyl (C=O) groups excluding carboxylic acids is 1. The molecule has 0 unspecified atom stereocenters. The van der Waals surface area contributed by atoms with Gasteiger partial charge in [-0.2, -0.15) is 5.26 Å². The van der Waals surface area contributed by atoms with Crippen LogP contribution in [0.3, 0.4) is 0 Å². The van der Waals surface area contributed by atoms with Crippen LogP contribution in [0.25, 0.3) is 33.5 Å². The molecule has 0 amide bonds. The number of benzene rings is 1. The molecule has 198 valence electrons. The average molecular weight is 529 g/mol. The molecule has 2 aliphatic rings. The number of anilines is 1. The quantitative estimate of drug-likeness (QED) is 0.339. The highest BCUT2D eigenvalue weighted by Gasteiger charge is 2.45. The number of aromatic nitrogens is 6. The van der Waals surface area contributed by atoms with Crippen LogP contribution >= 0.6 is 0 Å². The van der Waals surface area contributed by atoms with Gasteiger partial charge in [0.1, 0.15) is 22.9 Å². The number of hydrogen-bond donors (Lipinski definition) is 1. The third-order valence-electron chi connectivity index (χ3n) is 8.43. The molecule has 5 aromatic rings. The number of aromatic amines is 1. The Balaban J connectivity index is 1.14. The van der Waals surface area contributed by atoms with Crippen molar-refractivity contribution < 1.29 is 4.79 Å². The average Bonchev–Trinajstić information content (AvgIpc) is 3.62. The molecule has 9 heteroatoms. The van der Waals surface area contributed by atoms with Crippen LogP contribution in [0.15, 0.2) is 60.9 Å². The van der Waals surface area contributed by atoms with Crippen molar-refractivity contribution in [3.63, 3.8) is 0 Å². The van der Waals surface area contributed by atoms with E-state index in [4.69, 9.17) is 9.97 Å². The van der Waals surface area contributed by atoms with Gasteiger partial charge in [-0.05, 0) is 55.7 Å². The van der Waals surface area contributed by atoms with Gasteiger partial charge in [0.15, 0.2) is 0 Å². The van der Waals surface area contributed by atoms with Gasteiger partial charge in [0, 0.05) is 54.1 Å². The summed E-state index contributed by atoms with van der Waals surface area (Å²) in [6.07, 6.45) is 7.24. The smallest absolute Gasteiger partial charge is 0.138 e. The van der Waals surface area contributed by atoms with E-state index in [0.717, 1.165) is 89.4 Å². The highest BCUT2D eigenvalue weighted by atomic mass is 16.1. The molecule has 1 saturated carbocycles. The summed E-state index contributed by atoms with van der Waals surface area (Å²) in [6.45, 7) is 4.39. The number of nitrogens with zero attached hydrogens (tertiary/aromatic N) is 7. The number of nitriles is 1. The van der Waals surface area contributed by atoms with Gasteiger partial charge >= 0.3 is 0 Å². The molecule has 1 aromatic carbocycles. The molecular formula is C31H28N8O. The van der Waals surface area contributed by atoms with E-state index in [9.17, 15) is 10.1 Å². The van der Waals surface area contributed by atoms with Crippen molar-refractivity contribution in [1.82, 2.24) is 29.9 Å². The summed E-state index contributed by atoms with van der Waals surface area (Å²) in [4.78, 5) is 26.9. The topological polar surface area (TPSA) is 116 Å². The second-order valence-electron chi connectivity index (χ2n) is 11.1. The Kier molecular flexibility index (Phi) is 5.70. The van der Waals surface area contributed by atoms with Crippen LogP contribution in [-0.4, -0.2) is 48.8 Å². The first-order chi connectivity index (χ1) is 19.5. The molecule has 1 saturated heterocycles.